The fraction of sp³-hybridized carbons (Fsp3) is 0.282. The SMILES string of the molecule is COc1cc([C@H]2C3=CC[C@@H]4C(=O)N(Cc5cccs5)C(=O)[C@@H]4[C@@H]3C[C@H]3C(=O)N(Nc4ccc(C)cc4)C(=O)[C@@]23c2ccccc2)cc(Cl)c1O. The van der Waals surface area contributed by atoms with E-state index in [1.54, 1.807) is 12.1 Å². The van der Waals surface area contributed by atoms with Crippen LogP contribution < -0.4 is 10.2 Å². The molecule has 0 bridgehead atoms. The van der Waals surface area contributed by atoms with Gasteiger partial charge in [-0.15, -0.1) is 11.3 Å². The lowest BCUT2D eigenvalue weighted by Gasteiger charge is -2.50. The largest absolute Gasteiger partial charge is 0.503 e. The smallest absolute Gasteiger partial charge is 0.260 e. The van der Waals surface area contributed by atoms with Crippen molar-refractivity contribution in [3.05, 3.63) is 122 Å². The minimum Gasteiger partial charge on any atom is -0.503 e. The molecule has 4 aromatic rings. The number of ether oxygens (including phenoxy) is 1. The van der Waals surface area contributed by atoms with Crippen LogP contribution in [0.4, 0.5) is 5.69 Å². The number of halogens is 1. The lowest BCUT2D eigenvalue weighted by atomic mass is 9.49. The molecule has 0 spiro atoms. The number of allylic oxidation sites excluding steroid dienone is 2. The van der Waals surface area contributed by atoms with E-state index in [1.165, 1.54) is 23.3 Å². The van der Waals surface area contributed by atoms with Crippen LogP contribution in [0.2, 0.25) is 5.02 Å². The van der Waals surface area contributed by atoms with Gasteiger partial charge in [0.1, 0.15) is 0 Å². The fourth-order valence-corrected chi connectivity index (χ4v) is 9.73. The number of carbonyl (C=O) groups excluding carboxylic acids is 4. The highest BCUT2D eigenvalue weighted by Gasteiger charge is 2.70. The zero-order chi connectivity index (χ0) is 34.9. The minimum absolute atomic E-state index is 0.0242. The Morgan fingerprint density at radius 2 is 1.72 bits per heavy atom. The number of carbonyl (C=O) groups is 4. The number of imide groups is 2. The summed E-state index contributed by atoms with van der Waals surface area (Å²) in [5, 5.41) is 13.8. The van der Waals surface area contributed by atoms with E-state index in [0.717, 1.165) is 21.0 Å². The summed E-state index contributed by atoms with van der Waals surface area (Å²) in [5.74, 6) is -4.96. The molecule has 1 aromatic heterocycles. The lowest BCUT2D eigenvalue weighted by Crippen LogP contribution is -2.53. The van der Waals surface area contributed by atoms with Crippen LogP contribution in [-0.2, 0) is 31.1 Å². The van der Waals surface area contributed by atoms with Gasteiger partial charge in [-0.25, -0.2) is 0 Å². The van der Waals surface area contributed by atoms with Crippen molar-refractivity contribution in [2.45, 2.75) is 37.6 Å². The number of hydrogen-bond donors (Lipinski definition) is 2. The lowest BCUT2D eigenvalue weighted by molar-refractivity contribution is -0.141. The molecule has 3 heterocycles. The number of benzene rings is 3. The fourth-order valence-electron chi connectivity index (χ4n) is 8.82. The average molecular weight is 708 g/mol. The predicted molar refractivity (Wildman–Crippen MR) is 188 cm³/mol. The molecule has 1 saturated carbocycles. The number of likely N-dealkylation sites (tertiary alicyclic amines) is 1. The van der Waals surface area contributed by atoms with Crippen LogP contribution in [0.1, 0.15) is 40.3 Å². The molecule has 2 aliphatic carbocycles. The number of rotatable bonds is 7. The highest BCUT2D eigenvalue weighted by Crippen LogP contribution is 2.64. The van der Waals surface area contributed by atoms with Crippen molar-refractivity contribution in [1.29, 1.82) is 0 Å². The van der Waals surface area contributed by atoms with Crippen molar-refractivity contribution in [3.63, 3.8) is 0 Å². The number of hydrogen-bond acceptors (Lipinski definition) is 8. The van der Waals surface area contributed by atoms with E-state index in [9.17, 15) is 19.5 Å². The van der Waals surface area contributed by atoms with Gasteiger partial charge in [0.15, 0.2) is 11.5 Å². The number of aromatic hydroxyl groups is 1. The molecule has 2 saturated heterocycles. The number of thiophene rings is 1. The number of nitrogens with zero attached hydrogens (tertiary/aromatic N) is 2. The third-order valence-electron chi connectivity index (χ3n) is 11.0. The van der Waals surface area contributed by atoms with Gasteiger partial charge in [0.2, 0.25) is 11.8 Å². The Bertz CT molecular complexity index is 2070. The topological polar surface area (TPSA) is 116 Å². The van der Waals surface area contributed by atoms with E-state index in [4.69, 9.17) is 16.3 Å². The number of aryl methyl sites for hydroxylation is 1. The summed E-state index contributed by atoms with van der Waals surface area (Å²) in [5.41, 5.74) is 5.23. The van der Waals surface area contributed by atoms with Gasteiger partial charge in [-0.05, 0) is 72.5 Å². The van der Waals surface area contributed by atoms with Crippen LogP contribution in [-0.4, -0.2) is 45.8 Å². The normalized spacial score (nSPS) is 27.2. The molecule has 4 aliphatic rings. The van der Waals surface area contributed by atoms with Gasteiger partial charge in [0, 0.05) is 10.8 Å². The molecule has 3 aromatic carbocycles. The molecule has 0 unspecified atom stereocenters. The highest BCUT2D eigenvalue weighted by atomic mass is 35.5. The summed E-state index contributed by atoms with van der Waals surface area (Å²) >= 11 is 8.12. The second-order valence-corrected chi connectivity index (χ2v) is 14.9. The molecule has 2 N–H and O–H groups in total. The predicted octanol–water partition coefficient (Wildman–Crippen LogP) is 6.61. The number of methoxy groups -OCH3 is 1. The highest BCUT2D eigenvalue weighted by molar-refractivity contribution is 7.09. The molecule has 50 heavy (non-hydrogen) atoms. The Kier molecular flexibility index (Phi) is 7.84. The van der Waals surface area contributed by atoms with Crippen LogP contribution in [0, 0.1) is 30.6 Å². The summed E-state index contributed by atoms with van der Waals surface area (Å²) in [4.78, 5) is 60.5. The first kappa shape index (κ1) is 32.3. The van der Waals surface area contributed by atoms with Crippen molar-refractivity contribution in [1.82, 2.24) is 9.91 Å². The summed E-state index contributed by atoms with van der Waals surface area (Å²) in [7, 11) is 1.42. The molecule has 4 amide bonds. The number of phenols is 1. The van der Waals surface area contributed by atoms with E-state index in [2.05, 4.69) is 5.43 Å². The Hall–Kier alpha value is -4.93. The quantitative estimate of drug-likeness (QED) is 0.164. The number of anilines is 1. The van der Waals surface area contributed by atoms with Gasteiger partial charge in [0.25, 0.3) is 11.8 Å². The van der Waals surface area contributed by atoms with Gasteiger partial charge in [0.05, 0.1) is 47.5 Å². The first-order valence-corrected chi connectivity index (χ1v) is 17.8. The summed E-state index contributed by atoms with van der Waals surface area (Å²) in [6.07, 6.45) is 2.49. The van der Waals surface area contributed by atoms with Crippen LogP contribution in [0.5, 0.6) is 11.5 Å². The molecular formula is C39H34ClN3O6S. The third-order valence-corrected chi connectivity index (χ3v) is 12.1. The van der Waals surface area contributed by atoms with Crippen molar-refractivity contribution < 1.29 is 29.0 Å². The second-order valence-electron chi connectivity index (χ2n) is 13.5. The Morgan fingerprint density at radius 3 is 2.42 bits per heavy atom. The van der Waals surface area contributed by atoms with Crippen LogP contribution >= 0.6 is 22.9 Å². The zero-order valence-corrected chi connectivity index (χ0v) is 28.9. The van der Waals surface area contributed by atoms with E-state index >= 15 is 4.79 Å². The average Bonchev–Trinajstić information content (AvgIpc) is 3.79. The molecular weight excluding hydrogens is 674 g/mol. The first-order valence-electron chi connectivity index (χ1n) is 16.6. The maximum Gasteiger partial charge on any atom is 0.260 e. The zero-order valence-electron chi connectivity index (χ0n) is 27.3. The number of hydrazine groups is 1. The summed E-state index contributed by atoms with van der Waals surface area (Å²) < 4.78 is 5.53. The van der Waals surface area contributed by atoms with E-state index in [0.29, 0.717) is 23.2 Å². The molecule has 254 valence electrons. The molecule has 0 radical (unpaired) electrons. The van der Waals surface area contributed by atoms with Gasteiger partial charge >= 0.3 is 0 Å². The van der Waals surface area contributed by atoms with Crippen LogP contribution in [0.25, 0.3) is 0 Å². The first-order chi connectivity index (χ1) is 24.1. The van der Waals surface area contributed by atoms with E-state index in [1.807, 2.05) is 85.1 Å². The van der Waals surface area contributed by atoms with Gasteiger partial charge < -0.3 is 9.84 Å². The van der Waals surface area contributed by atoms with Gasteiger partial charge in [-0.1, -0.05) is 77.3 Å². The summed E-state index contributed by atoms with van der Waals surface area (Å²) in [6.45, 7) is 2.15. The maximum atomic E-state index is 15.3. The molecule has 11 heteroatoms. The van der Waals surface area contributed by atoms with Crippen molar-refractivity contribution >= 4 is 52.3 Å². The van der Waals surface area contributed by atoms with Gasteiger partial charge in [-0.2, -0.15) is 5.01 Å². The van der Waals surface area contributed by atoms with Gasteiger partial charge in [-0.3, -0.25) is 29.5 Å². The number of phenolic OH excluding ortho intramolecular Hbond substituents is 1. The third kappa shape index (κ3) is 4.72. The van der Waals surface area contributed by atoms with Crippen molar-refractivity contribution in [2.24, 2.45) is 23.7 Å². The van der Waals surface area contributed by atoms with E-state index < -0.39 is 46.8 Å². The van der Waals surface area contributed by atoms with Crippen LogP contribution in [0.15, 0.2) is 95.9 Å². The number of fused-ring (bicyclic) bond motifs is 4. The van der Waals surface area contributed by atoms with E-state index in [-0.39, 0.29) is 41.3 Å². The molecule has 6 atom stereocenters. The Labute approximate surface area is 298 Å². The monoisotopic (exact) mass is 707 g/mol. The summed E-state index contributed by atoms with van der Waals surface area (Å²) in [6, 6.07) is 23.7. The Balaban J connectivity index is 1.33. The van der Waals surface area contributed by atoms with Crippen molar-refractivity contribution in [3.8, 4) is 11.5 Å². The second kappa shape index (κ2) is 12.1. The molecule has 3 fully saturated rings. The number of nitrogens with one attached hydrogen (secondary N) is 1. The van der Waals surface area contributed by atoms with Crippen LogP contribution in [0.3, 0.4) is 0 Å². The molecule has 8 rings (SSSR count). The molecule has 9 nitrogen and oxygen atoms in total. The maximum absolute atomic E-state index is 15.3. The Morgan fingerprint density at radius 1 is 0.960 bits per heavy atom. The standard InChI is InChI=1S/C39H34ClN3O6S/c1-21-10-12-24(13-11-21)41-43-36(46)29-19-28-26(14-15-27-32(28)37(47)42(35(27)45)20-25-9-6-16-50-25)33(22-17-30(40)34(44)31(18-22)49-2)39(29,38(43)48)23-7-4-3-5-8-23/h3-14,16-18,27-29,32-33,41,44H,15,19-20H2,1-2H3/t27-,28+,29-,32-,33-,39+/m0/s1. The molecule has 2 aliphatic heterocycles. The van der Waals surface area contributed by atoms with Crippen molar-refractivity contribution in [2.75, 3.05) is 12.5 Å². The minimum atomic E-state index is -1.46. The number of amides is 4.